The van der Waals surface area contributed by atoms with Crippen LogP contribution in [0.15, 0.2) is 10.5 Å². The molecule has 72 valence electrons. The highest BCUT2D eigenvalue weighted by Gasteiger charge is 2.14. The molecule has 0 bridgehead atoms. The average Bonchev–Trinajstić information content (AvgIpc) is 2.10. The number of benzene rings is 1. The second-order valence-corrected chi connectivity index (χ2v) is 3.76. The molecule has 13 heavy (non-hydrogen) atoms. The zero-order valence-corrected chi connectivity index (χ0v) is 9.99. The van der Waals surface area contributed by atoms with E-state index in [2.05, 4.69) is 15.9 Å². The Kier molecular flexibility index (Phi) is 3.45. The van der Waals surface area contributed by atoms with Crippen molar-refractivity contribution in [1.29, 1.82) is 0 Å². The first-order valence-corrected chi connectivity index (χ1v) is 4.85. The van der Waals surface area contributed by atoms with Crippen molar-refractivity contribution in [3.05, 3.63) is 21.1 Å². The summed E-state index contributed by atoms with van der Waals surface area (Å²) in [6, 6.07) is 1.83. The van der Waals surface area contributed by atoms with Crippen molar-refractivity contribution in [2.45, 2.75) is 6.92 Å². The summed E-state index contributed by atoms with van der Waals surface area (Å²) in [5.41, 5.74) is 1.02. The second-order valence-electron chi connectivity index (χ2n) is 2.56. The van der Waals surface area contributed by atoms with Gasteiger partial charge in [-0.25, -0.2) is 0 Å². The van der Waals surface area contributed by atoms with Crippen LogP contribution in [-0.4, -0.2) is 14.2 Å². The molecule has 0 amide bonds. The van der Waals surface area contributed by atoms with Gasteiger partial charge < -0.3 is 9.47 Å². The Morgan fingerprint density at radius 3 is 2.23 bits per heavy atom. The van der Waals surface area contributed by atoms with E-state index < -0.39 is 0 Å². The number of ether oxygens (including phenoxy) is 2. The highest BCUT2D eigenvalue weighted by molar-refractivity contribution is 9.10. The number of hydrogen-bond donors (Lipinski definition) is 0. The molecule has 0 unspecified atom stereocenters. The molecule has 0 saturated carbocycles. The fourth-order valence-electron chi connectivity index (χ4n) is 1.08. The first-order valence-electron chi connectivity index (χ1n) is 3.68. The van der Waals surface area contributed by atoms with Gasteiger partial charge in [-0.15, -0.1) is 0 Å². The molecule has 0 heterocycles. The Bertz CT molecular complexity index is 326. The summed E-state index contributed by atoms with van der Waals surface area (Å²) < 4.78 is 11.2. The summed E-state index contributed by atoms with van der Waals surface area (Å²) in [5.74, 6) is 1.19. The molecule has 2 nitrogen and oxygen atoms in total. The lowest BCUT2D eigenvalue weighted by Gasteiger charge is -2.12. The fourth-order valence-corrected chi connectivity index (χ4v) is 1.86. The van der Waals surface area contributed by atoms with E-state index in [1.54, 1.807) is 14.2 Å². The molecule has 0 fully saturated rings. The van der Waals surface area contributed by atoms with Gasteiger partial charge >= 0.3 is 0 Å². The monoisotopic (exact) mass is 264 g/mol. The zero-order chi connectivity index (χ0) is 10.0. The lowest BCUT2D eigenvalue weighted by atomic mass is 10.2. The van der Waals surface area contributed by atoms with Crippen LogP contribution in [0.5, 0.6) is 11.5 Å². The Hall–Kier alpha value is -0.410. The third-order valence-electron chi connectivity index (χ3n) is 1.72. The summed E-state index contributed by atoms with van der Waals surface area (Å²) in [6.45, 7) is 1.94. The molecule has 0 radical (unpaired) electrons. The van der Waals surface area contributed by atoms with Crippen molar-refractivity contribution in [2.24, 2.45) is 0 Å². The van der Waals surface area contributed by atoms with Crippen molar-refractivity contribution in [3.8, 4) is 11.5 Å². The van der Waals surface area contributed by atoms with Crippen LogP contribution < -0.4 is 9.47 Å². The van der Waals surface area contributed by atoms with E-state index in [1.165, 1.54) is 0 Å². The van der Waals surface area contributed by atoms with Crippen LogP contribution in [0.4, 0.5) is 0 Å². The molecule has 0 atom stereocenters. The quantitative estimate of drug-likeness (QED) is 0.816. The van der Waals surface area contributed by atoms with E-state index in [4.69, 9.17) is 21.1 Å². The maximum Gasteiger partial charge on any atom is 0.180 e. The molecular weight excluding hydrogens is 255 g/mol. The third-order valence-corrected chi connectivity index (χ3v) is 2.99. The summed E-state index contributed by atoms with van der Waals surface area (Å²) in [7, 11) is 3.14. The van der Waals surface area contributed by atoms with Gasteiger partial charge in [0.05, 0.1) is 23.7 Å². The van der Waals surface area contributed by atoms with E-state index >= 15 is 0 Å². The molecule has 0 aliphatic heterocycles. The van der Waals surface area contributed by atoms with E-state index in [-0.39, 0.29) is 0 Å². The van der Waals surface area contributed by atoms with Gasteiger partial charge in [0.2, 0.25) is 0 Å². The molecule has 0 saturated heterocycles. The summed E-state index contributed by atoms with van der Waals surface area (Å²) in [5, 5.41) is 0.556. The number of aryl methyl sites for hydroxylation is 1. The van der Waals surface area contributed by atoms with Crippen LogP contribution in [0.25, 0.3) is 0 Å². The van der Waals surface area contributed by atoms with Crippen LogP contribution in [0.1, 0.15) is 5.56 Å². The predicted molar refractivity (Wildman–Crippen MR) is 57.0 cm³/mol. The topological polar surface area (TPSA) is 18.5 Å². The Labute approximate surface area is 90.9 Å². The molecule has 0 aliphatic rings. The molecule has 1 aromatic rings. The SMILES string of the molecule is COc1c(Cl)cc(C)c(Br)c1OC. The normalized spacial score (nSPS) is 9.92. The standard InChI is InChI=1S/C9H10BrClO2/c1-5-4-6(11)8(12-2)9(13-3)7(5)10/h4H,1-3H3. The van der Waals surface area contributed by atoms with Crippen LogP contribution in [0.3, 0.4) is 0 Å². The molecule has 0 spiro atoms. The molecule has 0 aromatic heterocycles. The average molecular weight is 266 g/mol. The van der Waals surface area contributed by atoms with Crippen LogP contribution in [0, 0.1) is 6.92 Å². The summed E-state index contributed by atoms with van der Waals surface area (Å²) in [4.78, 5) is 0. The zero-order valence-electron chi connectivity index (χ0n) is 7.65. The third kappa shape index (κ3) is 1.92. The van der Waals surface area contributed by atoms with E-state index in [0.717, 1.165) is 10.0 Å². The Morgan fingerprint density at radius 2 is 1.77 bits per heavy atom. The van der Waals surface area contributed by atoms with Gasteiger partial charge in [0, 0.05) is 0 Å². The van der Waals surface area contributed by atoms with Crippen LogP contribution in [-0.2, 0) is 0 Å². The molecule has 1 aromatic carbocycles. The molecule has 1 rings (SSSR count). The highest BCUT2D eigenvalue weighted by Crippen LogP contribution is 2.42. The summed E-state index contributed by atoms with van der Waals surface area (Å²) >= 11 is 9.36. The van der Waals surface area contributed by atoms with E-state index in [1.807, 2.05) is 13.0 Å². The largest absolute Gasteiger partial charge is 0.492 e. The van der Waals surface area contributed by atoms with E-state index in [9.17, 15) is 0 Å². The van der Waals surface area contributed by atoms with Gasteiger partial charge in [-0.05, 0) is 34.5 Å². The van der Waals surface area contributed by atoms with Gasteiger partial charge in [0.15, 0.2) is 11.5 Å². The van der Waals surface area contributed by atoms with Gasteiger partial charge in [-0.2, -0.15) is 0 Å². The van der Waals surface area contributed by atoms with Crippen molar-refractivity contribution >= 4 is 27.5 Å². The van der Waals surface area contributed by atoms with Crippen molar-refractivity contribution in [1.82, 2.24) is 0 Å². The molecule has 4 heteroatoms. The van der Waals surface area contributed by atoms with Crippen LogP contribution >= 0.6 is 27.5 Å². The van der Waals surface area contributed by atoms with Crippen LogP contribution in [0.2, 0.25) is 5.02 Å². The lowest BCUT2D eigenvalue weighted by Crippen LogP contribution is -1.94. The van der Waals surface area contributed by atoms with Crippen molar-refractivity contribution in [3.63, 3.8) is 0 Å². The van der Waals surface area contributed by atoms with Gasteiger partial charge in [-0.1, -0.05) is 11.6 Å². The molecular formula is C9H10BrClO2. The lowest BCUT2D eigenvalue weighted by molar-refractivity contribution is 0.353. The Morgan fingerprint density at radius 1 is 1.23 bits per heavy atom. The van der Waals surface area contributed by atoms with Gasteiger partial charge in [0.25, 0.3) is 0 Å². The number of halogens is 2. The van der Waals surface area contributed by atoms with Crippen molar-refractivity contribution in [2.75, 3.05) is 14.2 Å². The maximum absolute atomic E-state index is 5.96. The molecule has 0 N–H and O–H groups in total. The summed E-state index contributed by atoms with van der Waals surface area (Å²) in [6.07, 6.45) is 0. The maximum atomic E-state index is 5.96. The second kappa shape index (κ2) is 4.20. The Balaban J connectivity index is 3.41. The number of hydrogen-bond acceptors (Lipinski definition) is 2. The number of rotatable bonds is 2. The minimum Gasteiger partial charge on any atom is -0.492 e. The number of methoxy groups -OCH3 is 2. The van der Waals surface area contributed by atoms with E-state index in [0.29, 0.717) is 16.5 Å². The fraction of sp³-hybridized carbons (Fsp3) is 0.333. The van der Waals surface area contributed by atoms with Gasteiger partial charge in [0.1, 0.15) is 0 Å². The smallest absolute Gasteiger partial charge is 0.180 e. The van der Waals surface area contributed by atoms with Crippen molar-refractivity contribution < 1.29 is 9.47 Å². The first-order chi connectivity index (χ1) is 6.11. The molecule has 0 aliphatic carbocycles. The minimum atomic E-state index is 0.556. The minimum absolute atomic E-state index is 0.556. The first kappa shape index (κ1) is 10.7. The predicted octanol–water partition coefficient (Wildman–Crippen LogP) is 3.43. The van der Waals surface area contributed by atoms with Gasteiger partial charge in [-0.3, -0.25) is 0 Å². The highest BCUT2D eigenvalue weighted by atomic mass is 79.9.